The lowest BCUT2D eigenvalue weighted by atomic mass is 9.96. The second-order valence-electron chi connectivity index (χ2n) is 9.29. The van der Waals surface area contributed by atoms with Gasteiger partial charge in [0, 0.05) is 52.8 Å². The maximum Gasteiger partial charge on any atom is 0.451 e. The van der Waals surface area contributed by atoms with E-state index in [4.69, 9.17) is 14.2 Å². The first-order valence-corrected chi connectivity index (χ1v) is 13.0. The van der Waals surface area contributed by atoms with Gasteiger partial charge < -0.3 is 19.5 Å². The SMILES string of the molecule is COC(=O)N1CC2COC1=CC2Oc1cc(C(=O)N[C@H](C)c2cnc(C(F)(F)F)nc2)cc(-c2ncc(C)s2)c1. The van der Waals surface area contributed by atoms with Crippen LogP contribution in [-0.2, 0) is 15.7 Å². The number of carbonyl (C=O) groups excluding carboxylic acids is 2. The van der Waals surface area contributed by atoms with Gasteiger partial charge in [-0.2, -0.15) is 13.2 Å². The molecule has 1 N–H and O–H groups in total. The molecule has 2 amide bonds. The minimum Gasteiger partial charge on any atom is -0.486 e. The van der Waals surface area contributed by atoms with Gasteiger partial charge in [0.1, 0.15) is 16.9 Å². The van der Waals surface area contributed by atoms with E-state index in [0.717, 1.165) is 17.3 Å². The Bertz CT molecular complexity index is 1460. The highest BCUT2D eigenvalue weighted by Crippen LogP contribution is 2.34. The number of ether oxygens (including phenoxy) is 3. The number of benzene rings is 1. The molecule has 2 aromatic heterocycles. The van der Waals surface area contributed by atoms with Crippen molar-refractivity contribution in [3.05, 3.63) is 70.6 Å². The maximum absolute atomic E-state index is 13.3. The van der Waals surface area contributed by atoms with Gasteiger partial charge in [-0.15, -0.1) is 11.3 Å². The van der Waals surface area contributed by atoms with Gasteiger partial charge in [-0.1, -0.05) is 0 Å². The lowest BCUT2D eigenvalue weighted by Gasteiger charge is -2.41. The largest absolute Gasteiger partial charge is 0.486 e. The van der Waals surface area contributed by atoms with Crippen LogP contribution in [0.5, 0.6) is 5.75 Å². The molecule has 6 rings (SSSR count). The molecule has 14 heteroatoms. The average molecular weight is 576 g/mol. The van der Waals surface area contributed by atoms with Crippen molar-refractivity contribution in [1.29, 1.82) is 0 Å². The zero-order chi connectivity index (χ0) is 28.6. The number of fused-ring (bicyclic) bond motifs is 3. The number of nitrogens with one attached hydrogen (secondary N) is 1. The molecule has 0 saturated carbocycles. The van der Waals surface area contributed by atoms with Crippen LogP contribution in [0.3, 0.4) is 0 Å². The van der Waals surface area contributed by atoms with Crippen molar-refractivity contribution in [2.45, 2.75) is 32.2 Å². The molecule has 3 aliphatic rings. The first-order valence-electron chi connectivity index (χ1n) is 12.2. The number of aryl methyl sites for hydroxylation is 1. The summed E-state index contributed by atoms with van der Waals surface area (Å²) in [7, 11) is 1.29. The molecule has 3 aromatic rings. The number of methoxy groups -OCH3 is 1. The first kappa shape index (κ1) is 27.4. The summed E-state index contributed by atoms with van der Waals surface area (Å²) >= 11 is 1.45. The maximum atomic E-state index is 13.3. The summed E-state index contributed by atoms with van der Waals surface area (Å²) in [6, 6.07) is 4.35. The standard InChI is InChI=1S/C26H24F3N5O5S/c1-13-8-30-23(40-13)16-4-15(22(35)33-14(2)17-9-31-24(32-10-17)26(27,28)29)5-19(6-16)39-20-7-21-34(25(36)37-3)11-18(20)12-38-21/h4-10,14,18,20H,11-12H2,1-3H3,(H,33,35)/t14-,18?,20?/m1/s1. The van der Waals surface area contributed by atoms with Crippen LogP contribution in [0.25, 0.3) is 10.6 Å². The monoisotopic (exact) mass is 575 g/mol. The molecule has 0 aliphatic carbocycles. The molecule has 0 radical (unpaired) electrons. The smallest absolute Gasteiger partial charge is 0.451 e. The van der Waals surface area contributed by atoms with Crippen molar-refractivity contribution < 1.29 is 37.0 Å². The fourth-order valence-electron chi connectivity index (χ4n) is 4.30. The van der Waals surface area contributed by atoms with E-state index in [2.05, 4.69) is 20.3 Å². The number of amides is 2. The fourth-order valence-corrected chi connectivity index (χ4v) is 5.06. The van der Waals surface area contributed by atoms with Gasteiger partial charge in [-0.05, 0) is 32.0 Å². The highest BCUT2D eigenvalue weighted by atomic mass is 32.1. The van der Waals surface area contributed by atoms with E-state index < -0.39 is 36.1 Å². The lowest BCUT2D eigenvalue weighted by molar-refractivity contribution is -0.145. The summed E-state index contributed by atoms with van der Waals surface area (Å²) in [6.45, 7) is 4.25. The van der Waals surface area contributed by atoms with Crippen LogP contribution in [0.1, 0.15) is 39.6 Å². The highest BCUT2D eigenvalue weighted by molar-refractivity contribution is 7.14. The van der Waals surface area contributed by atoms with Crippen LogP contribution in [0, 0.1) is 12.8 Å². The van der Waals surface area contributed by atoms with Crippen molar-refractivity contribution in [3.8, 4) is 16.3 Å². The molecule has 1 fully saturated rings. The average Bonchev–Trinajstić information content (AvgIpc) is 3.38. The van der Waals surface area contributed by atoms with E-state index in [1.54, 1.807) is 37.4 Å². The molecular weight excluding hydrogens is 551 g/mol. The van der Waals surface area contributed by atoms with Crippen LogP contribution in [-0.4, -0.2) is 58.2 Å². The third-order valence-electron chi connectivity index (χ3n) is 6.38. The molecule has 5 heterocycles. The molecule has 0 spiro atoms. The normalized spacial score (nSPS) is 18.9. The van der Waals surface area contributed by atoms with E-state index in [9.17, 15) is 22.8 Å². The molecule has 3 atom stereocenters. The topological polar surface area (TPSA) is 116 Å². The third-order valence-corrected chi connectivity index (χ3v) is 7.34. The van der Waals surface area contributed by atoms with E-state index in [-0.39, 0.29) is 11.5 Å². The number of carbonyl (C=O) groups is 2. The predicted octanol–water partition coefficient (Wildman–Crippen LogP) is 4.74. The Morgan fingerprint density at radius 3 is 2.52 bits per heavy atom. The predicted molar refractivity (Wildman–Crippen MR) is 136 cm³/mol. The summed E-state index contributed by atoms with van der Waals surface area (Å²) in [4.78, 5) is 38.8. The second-order valence-corrected chi connectivity index (χ2v) is 10.5. The second kappa shape index (κ2) is 10.8. The number of nitrogens with zero attached hydrogens (tertiary/aromatic N) is 4. The number of aromatic nitrogens is 3. The van der Waals surface area contributed by atoms with Crippen LogP contribution in [0.4, 0.5) is 18.0 Å². The Labute approximate surface area is 230 Å². The Morgan fingerprint density at radius 1 is 1.18 bits per heavy atom. The summed E-state index contributed by atoms with van der Waals surface area (Å²) in [5, 5.41) is 3.46. The van der Waals surface area contributed by atoms with E-state index in [0.29, 0.717) is 40.9 Å². The molecule has 2 bridgehead atoms. The summed E-state index contributed by atoms with van der Waals surface area (Å²) < 4.78 is 55.1. The van der Waals surface area contributed by atoms with Gasteiger partial charge in [0.15, 0.2) is 5.88 Å². The molecule has 10 nitrogen and oxygen atoms in total. The van der Waals surface area contributed by atoms with E-state index in [1.807, 2.05) is 6.92 Å². The minimum atomic E-state index is -4.66. The molecule has 40 heavy (non-hydrogen) atoms. The van der Waals surface area contributed by atoms with Gasteiger partial charge >= 0.3 is 12.3 Å². The molecule has 2 unspecified atom stereocenters. The van der Waals surface area contributed by atoms with Crippen molar-refractivity contribution >= 4 is 23.3 Å². The van der Waals surface area contributed by atoms with Crippen LogP contribution in [0.2, 0.25) is 0 Å². The van der Waals surface area contributed by atoms with E-state index in [1.165, 1.54) is 23.3 Å². The molecule has 1 saturated heterocycles. The van der Waals surface area contributed by atoms with Crippen molar-refractivity contribution in [2.24, 2.45) is 5.92 Å². The number of thiazole rings is 1. The summed E-state index contributed by atoms with van der Waals surface area (Å²) in [5.74, 6) is -1.15. The number of halogens is 3. The van der Waals surface area contributed by atoms with Crippen LogP contribution in [0.15, 0.2) is 48.7 Å². The zero-order valence-electron chi connectivity index (χ0n) is 21.6. The summed E-state index contributed by atoms with van der Waals surface area (Å²) in [6.07, 6.45) is -0.109. The Morgan fingerprint density at radius 2 is 1.93 bits per heavy atom. The number of hydrogen-bond acceptors (Lipinski definition) is 9. The summed E-state index contributed by atoms with van der Waals surface area (Å²) in [5.41, 5.74) is 1.23. The first-order chi connectivity index (χ1) is 19.0. The Kier molecular flexibility index (Phi) is 7.36. The van der Waals surface area contributed by atoms with Gasteiger partial charge in [0.25, 0.3) is 5.91 Å². The van der Waals surface area contributed by atoms with Crippen LogP contribution >= 0.6 is 11.3 Å². The van der Waals surface area contributed by atoms with E-state index >= 15 is 0 Å². The quantitative estimate of drug-likeness (QED) is 0.449. The third kappa shape index (κ3) is 5.71. The fraction of sp³-hybridized carbons (Fsp3) is 0.346. The van der Waals surface area contributed by atoms with Crippen molar-refractivity contribution in [2.75, 3.05) is 20.3 Å². The number of rotatable bonds is 6. The Balaban J connectivity index is 1.39. The van der Waals surface area contributed by atoms with Crippen molar-refractivity contribution in [1.82, 2.24) is 25.2 Å². The van der Waals surface area contributed by atoms with Gasteiger partial charge in [-0.25, -0.2) is 24.6 Å². The van der Waals surface area contributed by atoms with Crippen LogP contribution < -0.4 is 10.1 Å². The lowest BCUT2D eigenvalue weighted by Crippen LogP contribution is -2.51. The Hall–Kier alpha value is -4.20. The molecule has 1 aromatic carbocycles. The van der Waals surface area contributed by atoms with Gasteiger partial charge in [0.2, 0.25) is 5.82 Å². The molecule has 210 valence electrons. The van der Waals surface area contributed by atoms with Crippen molar-refractivity contribution in [3.63, 3.8) is 0 Å². The number of hydrogen-bond donors (Lipinski definition) is 1. The van der Waals surface area contributed by atoms with Gasteiger partial charge in [0.05, 0.1) is 25.7 Å². The number of alkyl halides is 3. The zero-order valence-corrected chi connectivity index (χ0v) is 22.4. The van der Waals surface area contributed by atoms with Gasteiger partial charge in [-0.3, -0.25) is 4.79 Å². The minimum absolute atomic E-state index is 0.167. The molecular formula is C26H24F3N5O5S. The highest BCUT2D eigenvalue weighted by Gasteiger charge is 2.40. The molecule has 3 aliphatic heterocycles.